The molecule has 7 rings (SSSR count). The van der Waals surface area contributed by atoms with Gasteiger partial charge in [0.1, 0.15) is 47.9 Å². The van der Waals surface area contributed by atoms with Gasteiger partial charge in [0.2, 0.25) is 0 Å². The summed E-state index contributed by atoms with van der Waals surface area (Å²) in [6.45, 7) is 27.3. The molecular formula is C54H68N4O4. The Bertz CT molecular complexity index is 2440. The normalized spacial score (nSPS) is 13.6. The Kier molecular flexibility index (Phi) is 11.7. The molecular weight excluding hydrogens is 769 g/mol. The molecule has 8 heteroatoms. The van der Waals surface area contributed by atoms with Gasteiger partial charge in [0.25, 0.3) is 0 Å². The van der Waals surface area contributed by atoms with Crippen molar-refractivity contribution in [2.24, 2.45) is 14.1 Å². The van der Waals surface area contributed by atoms with Crippen LogP contribution in [0.25, 0.3) is 0 Å². The van der Waals surface area contributed by atoms with Crippen molar-refractivity contribution in [3.63, 3.8) is 0 Å². The van der Waals surface area contributed by atoms with Gasteiger partial charge in [0.05, 0.1) is 0 Å². The average molecular weight is 837 g/mol. The molecule has 8 nitrogen and oxygen atoms in total. The van der Waals surface area contributed by atoms with E-state index in [0.717, 1.165) is 78.8 Å². The molecule has 1 aliphatic carbocycles. The van der Waals surface area contributed by atoms with Crippen LogP contribution in [0.1, 0.15) is 161 Å². The highest BCUT2D eigenvalue weighted by Gasteiger charge is 2.29. The summed E-state index contributed by atoms with van der Waals surface area (Å²) in [5.74, 6) is 3.69. The first-order chi connectivity index (χ1) is 28.9. The molecule has 0 amide bonds. The zero-order chi connectivity index (χ0) is 45.1. The lowest BCUT2D eigenvalue weighted by molar-refractivity contribution is 0.283. The van der Waals surface area contributed by atoms with Crippen LogP contribution in [0.15, 0.2) is 73.3 Å². The number of hydrogen-bond acceptors (Lipinski definition) is 6. The zero-order valence-corrected chi connectivity index (χ0v) is 39.7. The van der Waals surface area contributed by atoms with Crippen molar-refractivity contribution in [1.29, 1.82) is 0 Å². The van der Waals surface area contributed by atoms with Crippen LogP contribution in [0.3, 0.4) is 0 Å². The van der Waals surface area contributed by atoms with Crippen molar-refractivity contribution in [1.82, 2.24) is 19.1 Å². The van der Waals surface area contributed by atoms with E-state index in [1.807, 2.05) is 35.6 Å². The number of aryl methyl sites for hydroxylation is 2. The Labute approximate surface area is 370 Å². The number of imidazole rings is 2. The summed E-state index contributed by atoms with van der Waals surface area (Å²) in [5.41, 5.74) is 11.1. The quantitative estimate of drug-likeness (QED) is 0.173. The van der Waals surface area contributed by atoms with E-state index in [9.17, 15) is 10.2 Å². The number of aromatic nitrogens is 4. The molecule has 0 fully saturated rings. The Balaban J connectivity index is 1.58. The van der Waals surface area contributed by atoms with Crippen LogP contribution in [0.5, 0.6) is 23.0 Å². The van der Waals surface area contributed by atoms with Gasteiger partial charge in [0, 0.05) is 64.6 Å². The summed E-state index contributed by atoms with van der Waals surface area (Å²) in [6, 6.07) is 17.7. The lowest BCUT2D eigenvalue weighted by atomic mass is 9.79. The summed E-state index contributed by atoms with van der Waals surface area (Å²) in [6.07, 6.45) is 9.21. The fourth-order valence-corrected chi connectivity index (χ4v) is 8.36. The number of nitrogens with zero attached hydrogens (tertiary/aromatic N) is 4. The van der Waals surface area contributed by atoms with Gasteiger partial charge in [-0.3, -0.25) is 0 Å². The maximum Gasteiger partial charge on any atom is 0.146 e. The Hall–Kier alpha value is -5.50. The minimum Gasteiger partial charge on any atom is -0.507 e. The van der Waals surface area contributed by atoms with Gasteiger partial charge < -0.3 is 28.8 Å². The fourth-order valence-electron chi connectivity index (χ4n) is 8.36. The number of phenols is 2. The molecule has 2 aromatic heterocycles. The van der Waals surface area contributed by atoms with Crippen LogP contribution in [0.2, 0.25) is 0 Å². The standard InChI is InChI=1S/C54H68N4O4/c1-51(2,3)41-23-33-19-34-24-42(52(4,5)6)26-36(48(34)60)21-38-28-44(54(10,11)12)30-40(50(38)62-32-46-56-16-18-58(46)14)22-39-29-43(53(7,8)9)27-37(20-35(25-41)47(33)59)49(39)61-31-45-55-15-17-57(45)13/h15-18,23-30,59-60H,19-22,31-32H2,1-14H3. The smallest absolute Gasteiger partial charge is 0.146 e. The van der Waals surface area contributed by atoms with Gasteiger partial charge in [-0.1, -0.05) is 132 Å². The number of benzene rings is 4. The molecule has 4 aromatic carbocycles. The topological polar surface area (TPSA) is 94.6 Å². The molecule has 62 heavy (non-hydrogen) atoms. The third-order valence-corrected chi connectivity index (χ3v) is 12.5. The maximum atomic E-state index is 12.4. The van der Waals surface area contributed by atoms with Crippen molar-refractivity contribution >= 4 is 0 Å². The van der Waals surface area contributed by atoms with Crippen LogP contribution in [-0.4, -0.2) is 29.3 Å². The van der Waals surface area contributed by atoms with E-state index in [-0.39, 0.29) is 46.4 Å². The molecule has 8 bridgehead atoms. The molecule has 328 valence electrons. The van der Waals surface area contributed by atoms with E-state index >= 15 is 0 Å². The lowest BCUT2D eigenvalue weighted by Gasteiger charge is -2.28. The van der Waals surface area contributed by atoms with Crippen LogP contribution in [-0.2, 0) is 74.7 Å². The third kappa shape index (κ3) is 9.45. The second-order valence-corrected chi connectivity index (χ2v) is 21.7. The summed E-state index contributed by atoms with van der Waals surface area (Å²) in [7, 11) is 3.97. The molecule has 0 aliphatic heterocycles. The van der Waals surface area contributed by atoms with Crippen LogP contribution >= 0.6 is 0 Å². The van der Waals surface area contributed by atoms with E-state index in [1.54, 1.807) is 12.4 Å². The average Bonchev–Trinajstić information content (AvgIpc) is 3.77. The van der Waals surface area contributed by atoms with Gasteiger partial charge in [-0.15, -0.1) is 0 Å². The third-order valence-electron chi connectivity index (χ3n) is 12.5. The zero-order valence-electron chi connectivity index (χ0n) is 39.7. The first-order valence-corrected chi connectivity index (χ1v) is 22.1. The second kappa shape index (κ2) is 16.3. The predicted octanol–water partition coefficient (Wildman–Crippen LogP) is 11.6. The minimum absolute atomic E-state index is 0.191. The number of rotatable bonds is 6. The van der Waals surface area contributed by atoms with Crippen LogP contribution < -0.4 is 9.47 Å². The van der Waals surface area contributed by atoms with Gasteiger partial charge in [-0.2, -0.15) is 0 Å². The molecule has 6 aromatic rings. The fraction of sp³-hybridized carbons (Fsp3) is 0.444. The number of fused-ring (bicyclic) bond motifs is 8. The monoisotopic (exact) mass is 837 g/mol. The summed E-state index contributed by atoms with van der Waals surface area (Å²) >= 11 is 0. The van der Waals surface area contributed by atoms with Crippen molar-refractivity contribution < 1.29 is 19.7 Å². The van der Waals surface area contributed by atoms with E-state index < -0.39 is 0 Å². The van der Waals surface area contributed by atoms with Gasteiger partial charge in [-0.05, 0) is 88.4 Å². The molecule has 0 saturated heterocycles. The largest absolute Gasteiger partial charge is 0.507 e. The molecule has 2 heterocycles. The molecule has 0 radical (unpaired) electrons. The highest BCUT2D eigenvalue weighted by molar-refractivity contribution is 5.59. The molecule has 0 saturated carbocycles. The lowest BCUT2D eigenvalue weighted by Crippen LogP contribution is -2.17. The molecule has 0 spiro atoms. The highest BCUT2D eigenvalue weighted by Crippen LogP contribution is 2.44. The second-order valence-electron chi connectivity index (χ2n) is 21.7. The van der Waals surface area contributed by atoms with Crippen molar-refractivity contribution in [2.75, 3.05) is 0 Å². The molecule has 0 unspecified atom stereocenters. The summed E-state index contributed by atoms with van der Waals surface area (Å²) in [4.78, 5) is 9.25. The Morgan fingerprint density at radius 1 is 0.435 bits per heavy atom. The first kappa shape index (κ1) is 44.6. The summed E-state index contributed by atoms with van der Waals surface area (Å²) in [5, 5.41) is 24.8. The van der Waals surface area contributed by atoms with Crippen molar-refractivity contribution in [3.8, 4) is 23.0 Å². The van der Waals surface area contributed by atoms with Crippen molar-refractivity contribution in [3.05, 3.63) is 152 Å². The number of hydrogen-bond donors (Lipinski definition) is 2. The first-order valence-electron chi connectivity index (χ1n) is 22.1. The van der Waals surface area contributed by atoms with E-state index in [1.165, 1.54) is 11.1 Å². The SMILES string of the molecule is Cn1ccnc1COc1c2cc(C(C)(C)C)cc1Cc1cc(C(C)(C)C)cc(c1OCc1nccn1C)Cc1cc(C(C)(C)C)cc(c1O)Cc1cc(C(C)(C)C)cc(c1O)C2. The van der Waals surface area contributed by atoms with Crippen LogP contribution in [0.4, 0.5) is 0 Å². The molecule has 0 atom stereocenters. The van der Waals surface area contributed by atoms with Gasteiger partial charge in [0.15, 0.2) is 0 Å². The molecule has 1 aliphatic rings. The minimum atomic E-state index is -0.201. The molecule has 2 N–H and O–H groups in total. The highest BCUT2D eigenvalue weighted by atomic mass is 16.5. The number of phenolic OH excluding ortho intramolecular Hbond substituents is 2. The Morgan fingerprint density at radius 3 is 0.919 bits per heavy atom. The Morgan fingerprint density at radius 2 is 0.677 bits per heavy atom. The van der Waals surface area contributed by atoms with Crippen LogP contribution in [0, 0.1) is 0 Å². The predicted molar refractivity (Wildman–Crippen MR) is 250 cm³/mol. The van der Waals surface area contributed by atoms with Gasteiger partial charge in [-0.25, -0.2) is 9.97 Å². The summed E-state index contributed by atoms with van der Waals surface area (Å²) < 4.78 is 18.0. The van der Waals surface area contributed by atoms with E-state index in [0.29, 0.717) is 25.7 Å². The maximum absolute atomic E-state index is 12.4. The van der Waals surface area contributed by atoms with E-state index in [2.05, 4.69) is 142 Å². The number of ether oxygens (including phenoxy) is 2. The van der Waals surface area contributed by atoms with E-state index in [4.69, 9.17) is 9.47 Å². The van der Waals surface area contributed by atoms with Gasteiger partial charge >= 0.3 is 0 Å². The number of aromatic hydroxyl groups is 2. The van der Waals surface area contributed by atoms with Crippen molar-refractivity contribution in [2.45, 2.75) is 144 Å².